The Labute approximate surface area is 92.2 Å². The average Bonchev–Trinajstić information content (AvgIpc) is 2.08. The highest BCUT2D eigenvalue weighted by atomic mass is 79.9. The Bertz CT molecular complexity index is 450. The summed E-state index contributed by atoms with van der Waals surface area (Å²) in [6, 6.07) is -0.648. The molecule has 0 aromatic carbocycles. The third-order valence-corrected chi connectivity index (χ3v) is 2.76. The minimum atomic E-state index is -0.648. The van der Waals surface area contributed by atoms with Crippen LogP contribution in [0.15, 0.2) is 31.9 Å². The van der Waals surface area contributed by atoms with Gasteiger partial charge in [0.25, 0.3) is 0 Å². The Morgan fingerprint density at radius 2 is 2.21 bits per heavy atom. The molecule has 72 valence electrons. The molecular formula is C8H3BrClFN2O. The summed E-state index contributed by atoms with van der Waals surface area (Å²) in [5, 5.41) is -0.00449. The smallest absolute Gasteiger partial charge is 0.244 e. The molecule has 0 unspecified atom stereocenters. The lowest BCUT2D eigenvalue weighted by Gasteiger charge is -2.16. The van der Waals surface area contributed by atoms with Crippen molar-refractivity contribution in [2.24, 2.45) is 9.98 Å². The Morgan fingerprint density at radius 1 is 1.50 bits per heavy atom. The maximum Gasteiger partial charge on any atom is 0.368 e. The van der Waals surface area contributed by atoms with Gasteiger partial charge in [-0.3, -0.25) is 0 Å². The van der Waals surface area contributed by atoms with Gasteiger partial charge in [0.1, 0.15) is 11.0 Å². The summed E-state index contributed by atoms with van der Waals surface area (Å²) < 4.78 is 13.5. The van der Waals surface area contributed by atoms with E-state index in [-0.39, 0.29) is 11.6 Å². The van der Waals surface area contributed by atoms with Crippen LogP contribution in [0.25, 0.3) is 0 Å². The molecule has 1 aliphatic heterocycles. The van der Waals surface area contributed by atoms with Crippen LogP contribution in [0.2, 0.25) is 0 Å². The van der Waals surface area contributed by atoms with Gasteiger partial charge in [-0.1, -0.05) is 27.5 Å². The Balaban J connectivity index is 2.52. The molecule has 1 aliphatic carbocycles. The molecule has 0 fully saturated rings. The molecule has 0 aromatic heterocycles. The van der Waals surface area contributed by atoms with Gasteiger partial charge in [-0.2, -0.15) is 9.98 Å². The lowest BCUT2D eigenvalue weighted by Crippen LogP contribution is -2.19. The number of hydrogen-bond acceptors (Lipinski definition) is 1. The predicted octanol–water partition coefficient (Wildman–Crippen LogP) is 3.10. The van der Waals surface area contributed by atoms with Crippen LogP contribution in [0.1, 0.15) is 6.42 Å². The van der Waals surface area contributed by atoms with E-state index in [9.17, 15) is 9.18 Å². The number of urea groups is 1. The van der Waals surface area contributed by atoms with Crippen LogP contribution in [0, 0.1) is 0 Å². The number of allylic oxidation sites excluding steroid dienone is 4. The molecule has 2 amide bonds. The molecule has 1 heterocycles. The summed E-state index contributed by atoms with van der Waals surface area (Å²) in [5.74, 6) is -0.415. The molecule has 6 heteroatoms. The number of carbonyl (C=O) groups excluding carboxylic acids is 1. The average molecular weight is 277 g/mol. The van der Waals surface area contributed by atoms with Crippen LogP contribution >= 0.6 is 27.5 Å². The standard InChI is InChI=1S/C8H3BrClFN2O/c9-4-2-6-3(1-5(4)11)7(10)13-8(14)12-6/h1H,2H2. The number of fused-ring (bicyclic) bond motifs is 1. The molecule has 0 bridgehead atoms. The third kappa shape index (κ3) is 1.57. The number of amides is 2. The minimum Gasteiger partial charge on any atom is -0.244 e. The maximum atomic E-state index is 13.1. The lowest BCUT2D eigenvalue weighted by molar-refractivity contribution is 0.257. The molecule has 0 radical (unpaired) electrons. The van der Waals surface area contributed by atoms with Crippen LogP contribution in [-0.4, -0.2) is 16.9 Å². The van der Waals surface area contributed by atoms with Crippen molar-refractivity contribution in [2.45, 2.75) is 6.42 Å². The highest BCUT2D eigenvalue weighted by Gasteiger charge is 2.25. The van der Waals surface area contributed by atoms with Crippen molar-refractivity contribution in [2.75, 3.05) is 0 Å². The monoisotopic (exact) mass is 276 g/mol. The van der Waals surface area contributed by atoms with Crippen molar-refractivity contribution in [1.29, 1.82) is 0 Å². The molecule has 2 rings (SSSR count). The van der Waals surface area contributed by atoms with E-state index in [4.69, 9.17) is 11.6 Å². The van der Waals surface area contributed by atoms with Crippen molar-refractivity contribution in [3.05, 3.63) is 22.0 Å². The molecule has 0 aromatic rings. The molecule has 0 saturated carbocycles. The second kappa shape index (κ2) is 3.40. The van der Waals surface area contributed by atoms with Gasteiger partial charge in [-0.25, -0.2) is 9.18 Å². The van der Waals surface area contributed by atoms with Crippen LogP contribution in [0.4, 0.5) is 9.18 Å². The zero-order valence-corrected chi connectivity index (χ0v) is 9.06. The van der Waals surface area contributed by atoms with Gasteiger partial charge < -0.3 is 0 Å². The van der Waals surface area contributed by atoms with Gasteiger partial charge in [-0.05, 0) is 6.08 Å². The van der Waals surface area contributed by atoms with Crippen LogP contribution in [-0.2, 0) is 0 Å². The summed E-state index contributed by atoms with van der Waals surface area (Å²) >= 11 is 8.71. The first-order valence-electron chi connectivity index (χ1n) is 3.70. The number of hydrogen-bond donors (Lipinski definition) is 0. The van der Waals surface area contributed by atoms with Crippen molar-refractivity contribution >= 4 is 44.4 Å². The number of rotatable bonds is 0. The molecule has 0 spiro atoms. The highest BCUT2D eigenvalue weighted by Crippen LogP contribution is 2.30. The molecule has 3 nitrogen and oxygen atoms in total. The van der Waals surface area contributed by atoms with Crippen LogP contribution in [0.3, 0.4) is 0 Å². The third-order valence-electron chi connectivity index (χ3n) is 1.81. The zero-order chi connectivity index (χ0) is 10.3. The van der Waals surface area contributed by atoms with Gasteiger partial charge >= 0.3 is 6.03 Å². The summed E-state index contributed by atoms with van der Waals surface area (Å²) in [4.78, 5) is 18.0. The van der Waals surface area contributed by atoms with E-state index in [0.717, 1.165) is 0 Å². The van der Waals surface area contributed by atoms with Gasteiger partial charge in [0, 0.05) is 16.5 Å². The molecule has 14 heavy (non-hydrogen) atoms. The van der Waals surface area contributed by atoms with Crippen LogP contribution < -0.4 is 0 Å². The van der Waals surface area contributed by atoms with E-state index in [0.29, 0.717) is 15.8 Å². The van der Waals surface area contributed by atoms with E-state index in [1.807, 2.05) is 0 Å². The van der Waals surface area contributed by atoms with Crippen molar-refractivity contribution < 1.29 is 9.18 Å². The Hall–Kier alpha value is -0.810. The van der Waals surface area contributed by atoms with E-state index < -0.39 is 11.9 Å². The number of nitrogens with zero attached hydrogens (tertiary/aromatic N) is 2. The Kier molecular flexibility index (Phi) is 2.36. The first-order chi connectivity index (χ1) is 6.58. The fourth-order valence-corrected chi connectivity index (χ4v) is 1.79. The van der Waals surface area contributed by atoms with E-state index in [1.54, 1.807) is 0 Å². The van der Waals surface area contributed by atoms with Crippen molar-refractivity contribution in [3.63, 3.8) is 0 Å². The predicted molar refractivity (Wildman–Crippen MR) is 55.9 cm³/mol. The molecule has 0 saturated heterocycles. The van der Waals surface area contributed by atoms with Crippen molar-refractivity contribution in [1.82, 2.24) is 0 Å². The number of carbonyl (C=O) groups is 1. The summed E-state index contributed by atoms with van der Waals surface area (Å²) in [6.07, 6.45) is 1.44. The highest BCUT2D eigenvalue weighted by molar-refractivity contribution is 9.11. The molecule has 2 aliphatic rings. The topological polar surface area (TPSA) is 41.8 Å². The summed E-state index contributed by atoms with van der Waals surface area (Å²) in [5.41, 5.74) is 0.829. The fraction of sp³-hybridized carbons (Fsp3) is 0.125. The normalized spacial score (nSPS) is 21.4. The zero-order valence-electron chi connectivity index (χ0n) is 6.72. The number of halogens is 3. The second-order valence-electron chi connectivity index (χ2n) is 2.73. The van der Waals surface area contributed by atoms with Gasteiger partial charge in [0.2, 0.25) is 0 Å². The second-order valence-corrected chi connectivity index (χ2v) is 4.05. The first-order valence-corrected chi connectivity index (χ1v) is 4.87. The van der Waals surface area contributed by atoms with E-state index in [2.05, 4.69) is 25.9 Å². The largest absolute Gasteiger partial charge is 0.368 e. The minimum absolute atomic E-state index is 0.00449. The van der Waals surface area contributed by atoms with Gasteiger partial charge in [0.05, 0.1) is 5.71 Å². The van der Waals surface area contributed by atoms with Gasteiger partial charge in [-0.15, -0.1) is 0 Å². The van der Waals surface area contributed by atoms with Crippen LogP contribution in [0.5, 0.6) is 0 Å². The van der Waals surface area contributed by atoms with E-state index >= 15 is 0 Å². The molecular weight excluding hydrogens is 274 g/mol. The quantitative estimate of drug-likeness (QED) is 0.671. The summed E-state index contributed by atoms with van der Waals surface area (Å²) in [6.45, 7) is 0. The summed E-state index contributed by atoms with van der Waals surface area (Å²) in [7, 11) is 0. The van der Waals surface area contributed by atoms with Gasteiger partial charge in [0.15, 0.2) is 0 Å². The molecule has 0 N–H and O–H groups in total. The number of aliphatic imine (C=N–C) groups is 2. The van der Waals surface area contributed by atoms with E-state index in [1.165, 1.54) is 6.08 Å². The lowest BCUT2D eigenvalue weighted by atomic mass is 10.0. The molecule has 0 atom stereocenters. The first kappa shape index (κ1) is 9.73. The Morgan fingerprint density at radius 3 is 2.93 bits per heavy atom. The van der Waals surface area contributed by atoms with Crippen molar-refractivity contribution in [3.8, 4) is 0 Å². The maximum absolute atomic E-state index is 13.1. The fourth-order valence-electron chi connectivity index (χ4n) is 1.18. The SMILES string of the molecule is O=C1N=C(Cl)C2=CC(F)=C(Br)CC2=N1.